The molecule has 0 unspecified atom stereocenters. The number of carboxylic acids is 1. The summed E-state index contributed by atoms with van der Waals surface area (Å²) in [5.74, 6) is -1.54. The summed E-state index contributed by atoms with van der Waals surface area (Å²) in [5, 5.41) is 17.2. The summed E-state index contributed by atoms with van der Waals surface area (Å²) in [6.45, 7) is 0.102. The number of carbonyl (C=O) groups is 1. The Bertz CT molecular complexity index is 1250. The van der Waals surface area contributed by atoms with Gasteiger partial charge in [0, 0.05) is 16.1 Å². The summed E-state index contributed by atoms with van der Waals surface area (Å²) < 4.78 is 1.16. The lowest BCUT2D eigenvalue weighted by Crippen LogP contribution is -2.36. The third-order valence-corrected chi connectivity index (χ3v) is 4.97. The number of carbonyl (C=O) groups excluding carboxylic acids is 1. The Morgan fingerprint density at radius 1 is 0.867 bits per heavy atom. The smallest absolute Gasteiger partial charge is 0.276 e. The van der Waals surface area contributed by atoms with E-state index in [4.69, 9.17) is 11.6 Å². The number of carboxylic acid groups (broad SMARTS) is 1. The van der Waals surface area contributed by atoms with E-state index in [-0.39, 0.29) is 12.1 Å². The number of benzene rings is 3. The van der Waals surface area contributed by atoms with Gasteiger partial charge in [-0.25, -0.2) is 4.68 Å². The van der Waals surface area contributed by atoms with Crippen molar-refractivity contribution < 1.29 is 9.90 Å². The molecule has 0 N–H and O–H groups in total. The highest BCUT2D eigenvalue weighted by molar-refractivity contribution is 6.30. The molecule has 3 aromatic carbocycles. The molecule has 4 rings (SSSR count). The Morgan fingerprint density at radius 3 is 2.00 bits per heavy atom. The maximum Gasteiger partial charge on any atom is 0.276 e. The molecular formula is C24H16ClN2O3-. The molecule has 0 aliphatic rings. The molecule has 0 amide bonds. The van der Waals surface area contributed by atoms with Crippen molar-refractivity contribution in [2.45, 2.75) is 6.54 Å². The standard InChI is InChI=1S/C24H17ClN2O3/c25-19-13-11-16(12-14-19)15-27-23(28)21(24(29)30)20(17-7-3-1-4-8-17)22(26-27)18-9-5-2-6-10-18/h1-14H,15H2,(H,29,30)/p-1. The highest BCUT2D eigenvalue weighted by Gasteiger charge is 2.21. The molecule has 6 heteroatoms. The molecule has 0 aliphatic carbocycles. The Balaban J connectivity index is 2.00. The summed E-state index contributed by atoms with van der Waals surface area (Å²) >= 11 is 5.94. The van der Waals surface area contributed by atoms with Crippen molar-refractivity contribution in [1.82, 2.24) is 9.78 Å². The Hall–Kier alpha value is -3.70. The van der Waals surface area contributed by atoms with Crippen LogP contribution >= 0.6 is 11.6 Å². The number of hydrogen-bond acceptors (Lipinski definition) is 4. The monoisotopic (exact) mass is 415 g/mol. The first-order valence-electron chi connectivity index (χ1n) is 9.26. The molecule has 1 heterocycles. The van der Waals surface area contributed by atoms with Crippen LogP contribution in [0.5, 0.6) is 0 Å². The molecule has 0 saturated heterocycles. The highest BCUT2D eigenvalue weighted by atomic mass is 35.5. The second-order valence-corrected chi connectivity index (χ2v) is 7.14. The van der Waals surface area contributed by atoms with E-state index in [0.717, 1.165) is 10.2 Å². The summed E-state index contributed by atoms with van der Waals surface area (Å²) in [6, 6.07) is 25.0. The molecule has 0 saturated carbocycles. The minimum absolute atomic E-state index is 0.102. The number of nitrogens with zero attached hydrogens (tertiary/aromatic N) is 2. The molecule has 0 spiro atoms. The van der Waals surface area contributed by atoms with Crippen molar-refractivity contribution in [2.24, 2.45) is 0 Å². The van der Waals surface area contributed by atoms with Crippen LogP contribution in [0, 0.1) is 0 Å². The molecule has 30 heavy (non-hydrogen) atoms. The van der Waals surface area contributed by atoms with Crippen LogP contribution in [0.4, 0.5) is 0 Å². The third kappa shape index (κ3) is 3.88. The zero-order valence-electron chi connectivity index (χ0n) is 15.8. The summed E-state index contributed by atoms with van der Waals surface area (Å²) in [5.41, 5.74) is 1.56. The Kier molecular flexibility index (Phi) is 5.46. The second kappa shape index (κ2) is 8.35. The Labute approximate surface area is 177 Å². The zero-order chi connectivity index (χ0) is 21.1. The van der Waals surface area contributed by atoms with Crippen molar-refractivity contribution >= 4 is 17.6 Å². The molecule has 0 atom stereocenters. The van der Waals surface area contributed by atoms with Gasteiger partial charge in [0.15, 0.2) is 0 Å². The van der Waals surface area contributed by atoms with Gasteiger partial charge in [0.25, 0.3) is 5.56 Å². The number of rotatable bonds is 5. The fraction of sp³-hybridized carbons (Fsp3) is 0.0417. The van der Waals surface area contributed by atoms with Crippen molar-refractivity contribution in [1.29, 1.82) is 0 Å². The predicted octanol–water partition coefficient (Wildman–Crippen LogP) is 3.64. The minimum atomic E-state index is -1.54. The van der Waals surface area contributed by atoms with Crippen LogP contribution in [0.2, 0.25) is 5.02 Å². The van der Waals surface area contributed by atoms with Gasteiger partial charge in [0.2, 0.25) is 0 Å². The van der Waals surface area contributed by atoms with Gasteiger partial charge in [-0.05, 0) is 23.3 Å². The molecule has 0 aliphatic heterocycles. The quantitative estimate of drug-likeness (QED) is 0.498. The average molecular weight is 416 g/mol. The maximum absolute atomic E-state index is 13.1. The predicted molar refractivity (Wildman–Crippen MR) is 114 cm³/mol. The topological polar surface area (TPSA) is 75.0 Å². The van der Waals surface area contributed by atoms with Crippen LogP contribution < -0.4 is 10.7 Å². The normalized spacial score (nSPS) is 10.7. The second-order valence-electron chi connectivity index (χ2n) is 6.71. The van der Waals surface area contributed by atoms with E-state index in [1.807, 2.05) is 36.4 Å². The summed E-state index contributed by atoms with van der Waals surface area (Å²) in [7, 11) is 0. The lowest BCUT2D eigenvalue weighted by molar-refractivity contribution is -0.255. The van der Waals surface area contributed by atoms with Crippen molar-refractivity contribution in [2.75, 3.05) is 0 Å². The zero-order valence-corrected chi connectivity index (χ0v) is 16.5. The van der Waals surface area contributed by atoms with Crippen molar-refractivity contribution in [3.8, 4) is 22.4 Å². The number of aromatic nitrogens is 2. The van der Waals surface area contributed by atoms with Crippen molar-refractivity contribution in [3.63, 3.8) is 0 Å². The number of halogens is 1. The van der Waals surface area contributed by atoms with Gasteiger partial charge in [-0.15, -0.1) is 0 Å². The molecule has 0 radical (unpaired) electrons. The first kappa shape index (κ1) is 19.6. The van der Waals surface area contributed by atoms with Crippen LogP contribution in [-0.4, -0.2) is 15.7 Å². The van der Waals surface area contributed by atoms with Gasteiger partial charge >= 0.3 is 0 Å². The van der Waals surface area contributed by atoms with Gasteiger partial charge in [-0.2, -0.15) is 5.10 Å². The van der Waals surface area contributed by atoms with E-state index in [2.05, 4.69) is 5.10 Å². The van der Waals surface area contributed by atoms with Gasteiger partial charge in [0.05, 0.1) is 23.8 Å². The molecular weight excluding hydrogens is 400 g/mol. The van der Waals surface area contributed by atoms with E-state index in [1.165, 1.54) is 0 Å². The van der Waals surface area contributed by atoms with E-state index >= 15 is 0 Å². The average Bonchev–Trinajstić information content (AvgIpc) is 2.77. The summed E-state index contributed by atoms with van der Waals surface area (Å²) in [4.78, 5) is 25.2. The SMILES string of the molecule is O=C([O-])c1c(-c2ccccc2)c(-c2ccccc2)nn(Cc2ccc(Cl)cc2)c1=O. The number of hydrogen-bond donors (Lipinski definition) is 0. The fourth-order valence-electron chi connectivity index (χ4n) is 3.31. The van der Waals surface area contributed by atoms with Crippen LogP contribution in [0.15, 0.2) is 89.7 Å². The van der Waals surface area contributed by atoms with E-state index in [0.29, 0.717) is 21.8 Å². The maximum atomic E-state index is 13.1. The number of aromatic carboxylic acids is 1. The molecule has 0 fully saturated rings. The van der Waals surface area contributed by atoms with Gasteiger partial charge in [0.1, 0.15) is 0 Å². The molecule has 5 nitrogen and oxygen atoms in total. The first-order chi connectivity index (χ1) is 14.5. The minimum Gasteiger partial charge on any atom is -0.545 e. The largest absolute Gasteiger partial charge is 0.545 e. The van der Waals surface area contributed by atoms with Gasteiger partial charge in [-0.1, -0.05) is 84.4 Å². The van der Waals surface area contributed by atoms with E-state index in [9.17, 15) is 14.7 Å². The highest BCUT2D eigenvalue weighted by Crippen LogP contribution is 2.31. The van der Waals surface area contributed by atoms with Crippen LogP contribution in [0.25, 0.3) is 22.4 Å². The lowest BCUT2D eigenvalue weighted by Gasteiger charge is -2.18. The molecule has 0 bridgehead atoms. The fourth-order valence-corrected chi connectivity index (χ4v) is 3.44. The van der Waals surface area contributed by atoms with E-state index in [1.54, 1.807) is 48.5 Å². The summed E-state index contributed by atoms with van der Waals surface area (Å²) in [6.07, 6.45) is 0. The Morgan fingerprint density at radius 2 is 1.43 bits per heavy atom. The first-order valence-corrected chi connectivity index (χ1v) is 9.64. The van der Waals surface area contributed by atoms with Crippen LogP contribution in [0.3, 0.4) is 0 Å². The van der Waals surface area contributed by atoms with Crippen LogP contribution in [-0.2, 0) is 6.54 Å². The van der Waals surface area contributed by atoms with Gasteiger partial charge < -0.3 is 9.90 Å². The molecule has 148 valence electrons. The van der Waals surface area contributed by atoms with Crippen molar-refractivity contribution in [3.05, 3.63) is 111 Å². The lowest BCUT2D eigenvalue weighted by atomic mass is 9.95. The van der Waals surface area contributed by atoms with E-state index < -0.39 is 17.1 Å². The third-order valence-electron chi connectivity index (χ3n) is 4.72. The van der Waals surface area contributed by atoms with Gasteiger partial charge in [-0.3, -0.25) is 4.79 Å². The molecule has 1 aromatic heterocycles. The van der Waals surface area contributed by atoms with Crippen LogP contribution in [0.1, 0.15) is 15.9 Å². The molecule has 4 aromatic rings.